The molecule has 0 aliphatic carbocycles. The fourth-order valence-electron chi connectivity index (χ4n) is 2.17. The highest BCUT2D eigenvalue weighted by molar-refractivity contribution is 7.99. The van der Waals surface area contributed by atoms with E-state index in [4.69, 9.17) is 5.73 Å². The molecule has 0 aromatic carbocycles. The molecule has 106 valence electrons. The van der Waals surface area contributed by atoms with Gasteiger partial charge in [0.1, 0.15) is 0 Å². The number of thioether (sulfide) groups is 1. The Balaban J connectivity index is 2.30. The third-order valence-corrected chi connectivity index (χ3v) is 4.49. The van der Waals surface area contributed by atoms with Gasteiger partial charge in [0.15, 0.2) is 0 Å². The van der Waals surface area contributed by atoms with Crippen LogP contribution in [0.4, 0.5) is 17.8 Å². The average Bonchev–Trinajstić information content (AvgIpc) is 2.40. The van der Waals surface area contributed by atoms with Crippen LogP contribution in [0.5, 0.6) is 0 Å². The summed E-state index contributed by atoms with van der Waals surface area (Å²) in [6.45, 7) is 9.07. The molecule has 6 nitrogen and oxygen atoms in total. The van der Waals surface area contributed by atoms with E-state index in [0.29, 0.717) is 23.9 Å². The Morgan fingerprint density at radius 2 is 2.05 bits per heavy atom. The predicted octanol–water partition coefficient (Wildman–Crippen LogP) is 1.24. The first kappa shape index (κ1) is 14.2. The minimum Gasteiger partial charge on any atom is -0.368 e. The second-order valence-electron chi connectivity index (χ2n) is 4.58. The summed E-state index contributed by atoms with van der Waals surface area (Å²) in [5, 5.41) is 0. The summed E-state index contributed by atoms with van der Waals surface area (Å²) in [5.74, 6) is 3.90. The lowest BCUT2D eigenvalue weighted by Gasteiger charge is -2.33. The van der Waals surface area contributed by atoms with E-state index in [1.54, 1.807) is 0 Å². The van der Waals surface area contributed by atoms with Crippen LogP contribution in [0.1, 0.15) is 20.8 Å². The highest BCUT2D eigenvalue weighted by Crippen LogP contribution is 2.22. The first-order valence-corrected chi connectivity index (χ1v) is 7.92. The van der Waals surface area contributed by atoms with Crippen LogP contribution in [-0.4, -0.2) is 52.1 Å². The molecule has 1 saturated heterocycles. The lowest BCUT2D eigenvalue weighted by molar-refractivity contribution is 0.672. The average molecular weight is 282 g/mol. The number of hydrogen-bond donors (Lipinski definition) is 1. The van der Waals surface area contributed by atoms with Crippen LogP contribution < -0.4 is 15.5 Å². The van der Waals surface area contributed by atoms with Crippen LogP contribution in [0.25, 0.3) is 0 Å². The Labute approximate surface area is 118 Å². The summed E-state index contributed by atoms with van der Waals surface area (Å²) < 4.78 is 0. The van der Waals surface area contributed by atoms with E-state index in [1.165, 1.54) is 0 Å². The van der Waals surface area contributed by atoms with Gasteiger partial charge in [-0.3, -0.25) is 0 Å². The third kappa shape index (κ3) is 3.20. The quantitative estimate of drug-likeness (QED) is 0.891. The summed E-state index contributed by atoms with van der Waals surface area (Å²) >= 11 is 1.97. The Kier molecular flexibility index (Phi) is 4.68. The van der Waals surface area contributed by atoms with Crippen molar-refractivity contribution in [2.24, 2.45) is 0 Å². The van der Waals surface area contributed by atoms with Gasteiger partial charge in [-0.1, -0.05) is 0 Å². The van der Waals surface area contributed by atoms with Crippen molar-refractivity contribution in [2.75, 3.05) is 46.7 Å². The van der Waals surface area contributed by atoms with Gasteiger partial charge in [0.05, 0.1) is 0 Å². The van der Waals surface area contributed by atoms with Gasteiger partial charge in [-0.2, -0.15) is 26.7 Å². The van der Waals surface area contributed by atoms with Gasteiger partial charge in [0, 0.05) is 37.2 Å². The van der Waals surface area contributed by atoms with Crippen molar-refractivity contribution >= 4 is 29.6 Å². The molecule has 0 amide bonds. The Hall–Kier alpha value is -1.24. The molecule has 1 aromatic rings. The largest absolute Gasteiger partial charge is 0.368 e. The molecule has 1 aliphatic rings. The molecule has 19 heavy (non-hydrogen) atoms. The van der Waals surface area contributed by atoms with Crippen molar-refractivity contribution in [2.45, 2.75) is 26.8 Å². The van der Waals surface area contributed by atoms with Gasteiger partial charge in [0.2, 0.25) is 17.8 Å². The zero-order valence-electron chi connectivity index (χ0n) is 11.8. The van der Waals surface area contributed by atoms with Crippen LogP contribution in [0.15, 0.2) is 0 Å². The summed E-state index contributed by atoms with van der Waals surface area (Å²) in [5.41, 5.74) is 5.84. The molecule has 1 unspecified atom stereocenters. The molecule has 1 fully saturated rings. The smallest absolute Gasteiger partial charge is 0.232 e. The SMILES string of the molecule is CCN(CC)c1nc(N)nc(N2CCSCC2C)n1. The van der Waals surface area contributed by atoms with Gasteiger partial charge >= 0.3 is 0 Å². The first-order valence-electron chi connectivity index (χ1n) is 6.76. The van der Waals surface area contributed by atoms with Gasteiger partial charge in [-0.05, 0) is 20.8 Å². The number of rotatable bonds is 4. The second-order valence-corrected chi connectivity index (χ2v) is 5.73. The number of hydrogen-bond acceptors (Lipinski definition) is 7. The van der Waals surface area contributed by atoms with Crippen LogP contribution in [0.3, 0.4) is 0 Å². The zero-order valence-corrected chi connectivity index (χ0v) is 12.7. The van der Waals surface area contributed by atoms with E-state index in [-0.39, 0.29) is 0 Å². The standard InChI is InChI=1S/C12H22N6S/c1-4-17(5-2)11-14-10(13)15-12(16-11)18-6-7-19-8-9(18)3/h9H,4-8H2,1-3H3,(H2,13,14,15,16). The van der Waals surface area contributed by atoms with Crippen LogP contribution >= 0.6 is 11.8 Å². The van der Waals surface area contributed by atoms with Crippen LogP contribution in [-0.2, 0) is 0 Å². The normalized spacial score (nSPS) is 19.5. The van der Waals surface area contributed by atoms with Crippen molar-refractivity contribution in [3.8, 4) is 0 Å². The molecule has 2 heterocycles. The highest BCUT2D eigenvalue weighted by Gasteiger charge is 2.22. The van der Waals surface area contributed by atoms with Gasteiger partial charge in [-0.15, -0.1) is 0 Å². The molecule has 2 rings (SSSR count). The van der Waals surface area contributed by atoms with Gasteiger partial charge in [0.25, 0.3) is 0 Å². The molecular formula is C12H22N6S. The molecule has 0 bridgehead atoms. The number of aromatic nitrogens is 3. The fraction of sp³-hybridized carbons (Fsp3) is 0.750. The monoisotopic (exact) mass is 282 g/mol. The maximum Gasteiger partial charge on any atom is 0.232 e. The Morgan fingerprint density at radius 3 is 2.68 bits per heavy atom. The third-order valence-electron chi connectivity index (χ3n) is 3.30. The zero-order chi connectivity index (χ0) is 13.8. The minimum atomic E-state index is 0.303. The lowest BCUT2D eigenvalue weighted by Crippen LogP contribution is -2.42. The maximum absolute atomic E-state index is 5.84. The van der Waals surface area contributed by atoms with Crippen molar-refractivity contribution < 1.29 is 0 Å². The highest BCUT2D eigenvalue weighted by atomic mass is 32.2. The number of anilines is 3. The Bertz CT molecular complexity index is 423. The van der Waals surface area contributed by atoms with E-state index in [9.17, 15) is 0 Å². The van der Waals surface area contributed by atoms with Crippen molar-refractivity contribution in [3.63, 3.8) is 0 Å². The summed E-state index contributed by atoms with van der Waals surface area (Å²) in [7, 11) is 0. The summed E-state index contributed by atoms with van der Waals surface area (Å²) in [6, 6.07) is 0.435. The van der Waals surface area contributed by atoms with Crippen molar-refractivity contribution in [3.05, 3.63) is 0 Å². The van der Waals surface area contributed by atoms with E-state index < -0.39 is 0 Å². The fourth-order valence-corrected chi connectivity index (χ4v) is 3.18. The molecule has 7 heteroatoms. The lowest BCUT2D eigenvalue weighted by atomic mass is 10.3. The molecule has 0 radical (unpaired) electrons. The van der Waals surface area contributed by atoms with Crippen molar-refractivity contribution in [1.82, 2.24) is 15.0 Å². The van der Waals surface area contributed by atoms with Crippen LogP contribution in [0, 0.1) is 0 Å². The van der Waals surface area contributed by atoms with E-state index in [2.05, 4.69) is 45.5 Å². The molecule has 0 spiro atoms. The summed E-state index contributed by atoms with van der Waals surface area (Å²) in [4.78, 5) is 17.5. The summed E-state index contributed by atoms with van der Waals surface area (Å²) in [6.07, 6.45) is 0. The Morgan fingerprint density at radius 1 is 1.32 bits per heavy atom. The molecular weight excluding hydrogens is 260 g/mol. The first-order chi connectivity index (χ1) is 9.15. The maximum atomic E-state index is 5.84. The predicted molar refractivity (Wildman–Crippen MR) is 81.9 cm³/mol. The van der Waals surface area contributed by atoms with Gasteiger partial charge < -0.3 is 15.5 Å². The van der Waals surface area contributed by atoms with E-state index in [1.807, 2.05) is 11.8 Å². The van der Waals surface area contributed by atoms with E-state index in [0.717, 1.165) is 31.1 Å². The molecule has 2 N–H and O–H groups in total. The number of nitrogens with two attached hydrogens (primary N) is 1. The second kappa shape index (κ2) is 6.27. The van der Waals surface area contributed by atoms with E-state index >= 15 is 0 Å². The van der Waals surface area contributed by atoms with Gasteiger partial charge in [-0.25, -0.2) is 0 Å². The molecule has 1 aliphatic heterocycles. The van der Waals surface area contributed by atoms with Crippen LogP contribution in [0.2, 0.25) is 0 Å². The molecule has 1 aromatic heterocycles. The topological polar surface area (TPSA) is 71.2 Å². The number of nitrogen functional groups attached to an aromatic ring is 1. The molecule has 1 atom stereocenters. The van der Waals surface area contributed by atoms with Crippen molar-refractivity contribution in [1.29, 1.82) is 0 Å². The molecule has 0 saturated carbocycles. The number of nitrogens with zero attached hydrogens (tertiary/aromatic N) is 5. The minimum absolute atomic E-state index is 0.303.